The van der Waals surface area contributed by atoms with Gasteiger partial charge in [-0.3, -0.25) is 0 Å². The van der Waals surface area contributed by atoms with E-state index in [1.165, 1.54) is 0 Å². The van der Waals surface area contributed by atoms with Crippen LogP contribution in [0.3, 0.4) is 0 Å². The van der Waals surface area contributed by atoms with Crippen LogP contribution in [0.5, 0.6) is 5.75 Å². The topological polar surface area (TPSA) is 61.0 Å². The number of nitrogens with two attached hydrogens (primary N) is 1. The fraction of sp³-hybridized carbons (Fsp3) is 0.125. The van der Waals surface area contributed by atoms with Crippen LogP contribution in [0.1, 0.15) is 6.92 Å². The summed E-state index contributed by atoms with van der Waals surface area (Å²) < 4.78 is 5.45. The smallest absolute Gasteiger partial charge is 0.220 e. The van der Waals surface area contributed by atoms with Crippen molar-refractivity contribution in [2.24, 2.45) is 0 Å². The molecule has 0 atom stereocenters. The Balaban J connectivity index is 1.99. The van der Waals surface area contributed by atoms with Crippen molar-refractivity contribution in [3.63, 3.8) is 0 Å². The van der Waals surface area contributed by atoms with Gasteiger partial charge in [0.25, 0.3) is 0 Å². The third-order valence-corrected chi connectivity index (χ3v) is 3.10. The number of hydrogen-bond donors (Lipinski definition) is 1. The van der Waals surface area contributed by atoms with Crippen molar-refractivity contribution in [3.8, 4) is 16.9 Å². The Morgan fingerprint density at radius 1 is 1.05 bits per heavy atom. The number of ether oxygens (including phenoxy) is 1. The number of aromatic nitrogens is 2. The summed E-state index contributed by atoms with van der Waals surface area (Å²) >= 11 is 0. The lowest BCUT2D eigenvalue weighted by molar-refractivity contribution is 0.340. The van der Waals surface area contributed by atoms with Gasteiger partial charge in [0, 0.05) is 11.6 Å². The number of anilines is 1. The zero-order valence-corrected chi connectivity index (χ0v) is 11.2. The van der Waals surface area contributed by atoms with Crippen LogP contribution in [0.4, 0.5) is 5.95 Å². The summed E-state index contributed by atoms with van der Waals surface area (Å²) in [6.45, 7) is 2.65. The second-order valence-electron chi connectivity index (χ2n) is 4.46. The lowest BCUT2D eigenvalue weighted by Crippen LogP contribution is -1.94. The second kappa shape index (κ2) is 5.17. The van der Waals surface area contributed by atoms with E-state index < -0.39 is 0 Å². The Hall–Kier alpha value is -2.62. The van der Waals surface area contributed by atoms with Crippen molar-refractivity contribution >= 4 is 16.9 Å². The molecule has 0 fully saturated rings. The summed E-state index contributed by atoms with van der Waals surface area (Å²) in [5, 5.41) is 0.977. The van der Waals surface area contributed by atoms with Crippen molar-refractivity contribution < 1.29 is 4.74 Å². The molecule has 0 aliphatic carbocycles. The van der Waals surface area contributed by atoms with Gasteiger partial charge in [-0.15, -0.1) is 0 Å². The summed E-state index contributed by atoms with van der Waals surface area (Å²) in [5.41, 5.74) is 8.69. The van der Waals surface area contributed by atoms with E-state index in [1.807, 2.05) is 43.3 Å². The van der Waals surface area contributed by atoms with Gasteiger partial charge in [-0.1, -0.05) is 18.2 Å². The van der Waals surface area contributed by atoms with E-state index in [9.17, 15) is 0 Å². The molecular formula is C16H15N3O. The first-order valence-electron chi connectivity index (χ1n) is 6.52. The van der Waals surface area contributed by atoms with Crippen LogP contribution in [0.15, 0.2) is 48.7 Å². The highest BCUT2D eigenvalue weighted by Gasteiger charge is 2.02. The minimum Gasteiger partial charge on any atom is -0.494 e. The Morgan fingerprint density at radius 2 is 1.80 bits per heavy atom. The van der Waals surface area contributed by atoms with E-state index in [0.717, 1.165) is 27.8 Å². The molecule has 3 rings (SSSR count). The standard InChI is InChI=1S/C16H15N3O/c1-2-20-14-6-3-11(4-7-14)12-5-8-15-13(9-12)10-18-16(17)19-15/h3-10H,2H2,1H3,(H2,17,18,19). The maximum atomic E-state index is 5.58. The summed E-state index contributed by atoms with van der Waals surface area (Å²) in [6, 6.07) is 14.1. The predicted molar refractivity (Wildman–Crippen MR) is 80.6 cm³/mol. The van der Waals surface area contributed by atoms with Gasteiger partial charge in [-0.25, -0.2) is 9.97 Å². The van der Waals surface area contributed by atoms with Gasteiger partial charge in [0.15, 0.2) is 0 Å². The average Bonchev–Trinajstić information content (AvgIpc) is 2.48. The Morgan fingerprint density at radius 3 is 2.55 bits per heavy atom. The highest BCUT2D eigenvalue weighted by molar-refractivity contribution is 5.84. The molecule has 4 nitrogen and oxygen atoms in total. The molecule has 0 aliphatic heterocycles. The molecule has 0 saturated heterocycles. The molecule has 3 aromatic rings. The molecule has 0 radical (unpaired) electrons. The Labute approximate surface area is 117 Å². The van der Waals surface area contributed by atoms with E-state index >= 15 is 0 Å². The summed E-state index contributed by atoms with van der Waals surface area (Å²) in [7, 11) is 0. The SMILES string of the molecule is CCOc1ccc(-c2ccc3nc(N)ncc3c2)cc1. The largest absolute Gasteiger partial charge is 0.494 e. The molecule has 0 spiro atoms. The lowest BCUT2D eigenvalue weighted by Gasteiger charge is -2.06. The average molecular weight is 265 g/mol. The highest BCUT2D eigenvalue weighted by Crippen LogP contribution is 2.25. The van der Waals surface area contributed by atoms with Gasteiger partial charge in [-0.05, 0) is 42.3 Å². The molecule has 1 heterocycles. The van der Waals surface area contributed by atoms with Gasteiger partial charge in [0.2, 0.25) is 5.95 Å². The molecule has 0 saturated carbocycles. The Bertz CT molecular complexity index is 738. The van der Waals surface area contributed by atoms with Crippen LogP contribution < -0.4 is 10.5 Å². The van der Waals surface area contributed by atoms with Gasteiger partial charge in [0.05, 0.1) is 12.1 Å². The lowest BCUT2D eigenvalue weighted by atomic mass is 10.0. The Kier molecular flexibility index (Phi) is 3.21. The molecule has 2 aromatic carbocycles. The van der Waals surface area contributed by atoms with Crippen LogP contribution in [0.2, 0.25) is 0 Å². The fourth-order valence-corrected chi connectivity index (χ4v) is 2.14. The number of fused-ring (bicyclic) bond motifs is 1. The predicted octanol–water partition coefficient (Wildman–Crippen LogP) is 3.28. The molecule has 4 heteroatoms. The molecule has 0 aliphatic rings. The van der Waals surface area contributed by atoms with E-state index in [1.54, 1.807) is 6.20 Å². The first-order valence-corrected chi connectivity index (χ1v) is 6.52. The van der Waals surface area contributed by atoms with E-state index in [-0.39, 0.29) is 0 Å². The van der Waals surface area contributed by atoms with Crippen molar-refractivity contribution in [2.45, 2.75) is 6.92 Å². The van der Waals surface area contributed by atoms with Crippen LogP contribution in [-0.4, -0.2) is 16.6 Å². The number of nitrogens with zero attached hydrogens (tertiary/aromatic N) is 2. The zero-order valence-electron chi connectivity index (χ0n) is 11.2. The van der Waals surface area contributed by atoms with Crippen molar-refractivity contribution in [2.75, 3.05) is 12.3 Å². The monoisotopic (exact) mass is 265 g/mol. The minimum absolute atomic E-state index is 0.298. The van der Waals surface area contributed by atoms with Crippen molar-refractivity contribution in [3.05, 3.63) is 48.7 Å². The molecule has 0 amide bonds. The first-order chi connectivity index (χ1) is 9.76. The third-order valence-electron chi connectivity index (χ3n) is 3.10. The second-order valence-corrected chi connectivity index (χ2v) is 4.46. The highest BCUT2D eigenvalue weighted by atomic mass is 16.5. The zero-order chi connectivity index (χ0) is 13.9. The molecule has 2 N–H and O–H groups in total. The number of rotatable bonds is 3. The van der Waals surface area contributed by atoms with Crippen molar-refractivity contribution in [1.82, 2.24) is 9.97 Å². The van der Waals surface area contributed by atoms with E-state index in [0.29, 0.717) is 12.6 Å². The first kappa shape index (κ1) is 12.4. The normalized spacial score (nSPS) is 10.7. The fourth-order valence-electron chi connectivity index (χ4n) is 2.14. The van der Waals surface area contributed by atoms with Gasteiger partial charge >= 0.3 is 0 Å². The van der Waals surface area contributed by atoms with Crippen LogP contribution >= 0.6 is 0 Å². The molecule has 0 bridgehead atoms. The maximum absolute atomic E-state index is 5.58. The molecule has 0 unspecified atom stereocenters. The molecule has 20 heavy (non-hydrogen) atoms. The van der Waals surface area contributed by atoms with Gasteiger partial charge < -0.3 is 10.5 Å². The minimum atomic E-state index is 0.298. The maximum Gasteiger partial charge on any atom is 0.220 e. The van der Waals surface area contributed by atoms with Crippen LogP contribution in [0.25, 0.3) is 22.0 Å². The molecular weight excluding hydrogens is 250 g/mol. The quantitative estimate of drug-likeness (QED) is 0.789. The third kappa shape index (κ3) is 2.40. The van der Waals surface area contributed by atoms with Gasteiger partial charge in [-0.2, -0.15) is 0 Å². The summed E-state index contributed by atoms with van der Waals surface area (Å²) in [4.78, 5) is 8.22. The van der Waals surface area contributed by atoms with E-state index in [4.69, 9.17) is 10.5 Å². The van der Waals surface area contributed by atoms with E-state index in [2.05, 4.69) is 16.0 Å². The summed E-state index contributed by atoms with van der Waals surface area (Å²) in [6.07, 6.45) is 1.75. The molecule has 100 valence electrons. The van der Waals surface area contributed by atoms with Crippen molar-refractivity contribution in [1.29, 1.82) is 0 Å². The van der Waals surface area contributed by atoms with Crippen LogP contribution in [-0.2, 0) is 0 Å². The van der Waals surface area contributed by atoms with Gasteiger partial charge in [0.1, 0.15) is 5.75 Å². The molecule has 1 aromatic heterocycles. The number of hydrogen-bond acceptors (Lipinski definition) is 4. The number of nitrogen functional groups attached to an aromatic ring is 1. The van der Waals surface area contributed by atoms with Crippen LogP contribution in [0, 0.1) is 0 Å². The number of benzene rings is 2. The summed E-state index contributed by atoms with van der Waals surface area (Å²) in [5.74, 6) is 1.18.